The zero-order valence-electron chi connectivity index (χ0n) is 11.7. The van der Waals surface area contributed by atoms with E-state index in [-0.39, 0.29) is 18.2 Å². The first-order chi connectivity index (χ1) is 11.2. The second-order valence-electron chi connectivity index (χ2n) is 4.38. The van der Waals surface area contributed by atoms with E-state index >= 15 is 0 Å². The van der Waals surface area contributed by atoms with E-state index in [2.05, 4.69) is 21.4 Å². The number of nitrogens with zero attached hydrogens (tertiary/aromatic N) is 2. The normalized spacial score (nSPS) is 10.6. The molecule has 2 aromatic heterocycles. The summed E-state index contributed by atoms with van der Waals surface area (Å²) in [6, 6.07) is 7.80. The summed E-state index contributed by atoms with van der Waals surface area (Å²) >= 11 is 9.01. The Kier molecular flexibility index (Phi) is 4.86. The van der Waals surface area contributed by atoms with Gasteiger partial charge in [0.25, 0.3) is 11.1 Å². The zero-order chi connectivity index (χ0) is 16.2. The summed E-state index contributed by atoms with van der Waals surface area (Å²) in [5.74, 6) is 2.65. The van der Waals surface area contributed by atoms with Gasteiger partial charge in [-0.1, -0.05) is 47.5 Å². The minimum Gasteiger partial charge on any atom is -0.410 e. The first-order valence-electron chi connectivity index (χ1n) is 6.53. The smallest absolute Gasteiger partial charge is 0.277 e. The van der Waals surface area contributed by atoms with E-state index in [1.165, 1.54) is 11.3 Å². The molecular weight excluding hydrogens is 354 g/mol. The summed E-state index contributed by atoms with van der Waals surface area (Å²) in [5, 5.41) is 12.4. The molecule has 0 radical (unpaired) electrons. The highest BCUT2D eigenvalue weighted by molar-refractivity contribution is 7.99. The number of thiophene rings is 1. The summed E-state index contributed by atoms with van der Waals surface area (Å²) in [5.41, 5.74) is 0. The maximum absolute atomic E-state index is 11.5. The summed E-state index contributed by atoms with van der Waals surface area (Å²) in [6.45, 7) is 0.200. The van der Waals surface area contributed by atoms with Gasteiger partial charge in [0.2, 0.25) is 5.91 Å². The lowest BCUT2D eigenvalue weighted by Crippen LogP contribution is -2.25. The molecule has 3 rings (SSSR count). The van der Waals surface area contributed by atoms with E-state index < -0.39 is 0 Å². The van der Waals surface area contributed by atoms with Crippen molar-refractivity contribution in [2.75, 3.05) is 12.3 Å². The van der Waals surface area contributed by atoms with Crippen molar-refractivity contribution in [2.24, 2.45) is 0 Å². The molecule has 0 unspecified atom stereocenters. The van der Waals surface area contributed by atoms with Gasteiger partial charge in [0.15, 0.2) is 0 Å². The molecule has 0 aliphatic rings. The lowest BCUT2D eigenvalue weighted by molar-refractivity contribution is -0.118. The second kappa shape index (κ2) is 7.04. The van der Waals surface area contributed by atoms with Crippen molar-refractivity contribution in [1.82, 2.24) is 15.5 Å². The average Bonchev–Trinajstić information content (AvgIpc) is 3.16. The van der Waals surface area contributed by atoms with Crippen LogP contribution >= 0.6 is 34.7 Å². The highest BCUT2D eigenvalue weighted by Gasteiger charge is 2.18. The van der Waals surface area contributed by atoms with Gasteiger partial charge in [-0.05, 0) is 6.07 Å². The Labute approximate surface area is 145 Å². The lowest BCUT2D eigenvalue weighted by Gasteiger charge is -1.97. The van der Waals surface area contributed by atoms with Gasteiger partial charge in [0.05, 0.1) is 17.3 Å². The third kappa shape index (κ3) is 3.50. The van der Waals surface area contributed by atoms with Crippen LogP contribution in [-0.4, -0.2) is 28.4 Å². The van der Waals surface area contributed by atoms with Gasteiger partial charge in [-0.15, -0.1) is 28.0 Å². The average molecular weight is 364 g/mol. The molecule has 0 fully saturated rings. The van der Waals surface area contributed by atoms with Crippen molar-refractivity contribution in [2.45, 2.75) is 5.22 Å². The topological polar surface area (TPSA) is 68.0 Å². The minimum atomic E-state index is -0.187. The van der Waals surface area contributed by atoms with Crippen LogP contribution in [0, 0.1) is 12.3 Å². The summed E-state index contributed by atoms with van der Waals surface area (Å²) in [4.78, 5) is 12.2. The summed E-state index contributed by atoms with van der Waals surface area (Å²) < 4.78 is 6.63. The fourth-order valence-corrected chi connectivity index (χ4v) is 3.87. The molecule has 116 valence electrons. The van der Waals surface area contributed by atoms with E-state index in [0.717, 1.165) is 26.7 Å². The number of carbonyl (C=O) groups is 1. The monoisotopic (exact) mass is 363 g/mol. The molecule has 5 nitrogen and oxygen atoms in total. The lowest BCUT2D eigenvalue weighted by atomic mass is 10.2. The van der Waals surface area contributed by atoms with Gasteiger partial charge >= 0.3 is 0 Å². The number of hydrogen-bond acceptors (Lipinski definition) is 6. The quantitative estimate of drug-likeness (QED) is 0.555. The Bertz CT molecular complexity index is 898. The molecule has 0 aliphatic heterocycles. The van der Waals surface area contributed by atoms with Gasteiger partial charge < -0.3 is 9.73 Å². The minimum absolute atomic E-state index is 0.156. The van der Waals surface area contributed by atoms with Crippen LogP contribution in [-0.2, 0) is 4.79 Å². The molecule has 3 aromatic rings. The van der Waals surface area contributed by atoms with Gasteiger partial charge in [-0.3, -0.25) is 4.79 Å². The highest BCUT2D eigenvalue weighted by Crippen LogP contribution is 2.41. The number of terminal acetylenes is 1. The van der Waals surface area contributed by atoms with Gasteiger partial charge in [-0.2, -0.15) is 0 Å². The van der Waals surface area contributed by atoms with Crippen LogP contribution in [0.15, 0.2) is 33.9 Å². The number of rotatable bonds is 5. The Balaban J connectivity index is 1.75. The van der Waals surface area contributed by atoms with Crippen LogP contribution in [0.3, 0.4) is 0 Å². The molecule has 0 saturated heterocycles. The third-order valence-electron chi connectivity index (χ3n) is 2.85. The van der Waals surface area contributed by atoms with Crippen molar-refractivity contribution in [3.05, 3.63) is 29.3 Å². The number of nitrogens with one attached hydrogen (secondary N) is 1. The van der Waals surface area contributed by atoms with Crippen molar-refractivity contribution in [3.63, 3.8) is 0 Å². The van der Waals surface area contributed by atoms with Crippen LogP contribution in [0.1, 0.15) is 0 Å². The predicted molar refractivity (Wildman–Crippen MR) is 92.7 cm³/mol. The molecule has 0 aliphatic carbocycles. The fourth-order valence-electron chi connectivity index (χ4n) is 1.84. The molecule has 8 heteroatoms. The molecule has 2 heterocycles. The van der Waals surface area contributed by atoms with E-state index in [9.17, 15) is 4.79 Å². The van der Waals surface area contributed by atoms with Crippen molar-refractivity contribution < 1.29 is 9.21 Å². The molecular formula is C15H10ClN3O2S2. The molecule has 0 saturated carbocycles. The SMILES string of the molecule is C#CCNC(=O)CSc1nnc(-c2sc3ccccc3c2Cl)o1. The number of carbonyl (C=O) groups excluding carboxylic acids is 1. The van der Waals surface area contributed by atoms with E-state index in [4.69, 9.17) is 22.4 Å². The maximum Gasteiger partial charge on any atom is 0.277 e. The van der Waals surface area contributed by atoms with Crippen LogP contribution in [0.4, 0.5) is 0 Å². The van der Waals surface area contributed by atoms with E-state index in [0.29, 0.717) is 16.1 Å². The zero-order valence-corrected chi connectivity index (χ0v) is 14.1. The Morgan fingerprint density at radius 2 is 2.26 bits per heavy atom. The summed E-state index contributed by atoms with van der Waals surface area (Å²) in [7, 11) is 0. The number of aromatic nitrogens is 2. The van der Waals surface area contributed by atoms with Crippen molar-refractivity contribution in [1.29, 1.82) is 0 Å². The maximum atomic E-state index is 11.5. The number of amides is 1. The number of benzene rings is 1. The van der Waals surface area contributed by atoms with E-state index in [1.54, 1.807) is 0 Å². The Hall–Kier alpha value is -2.01. The second-order valence-corrected chi connectivity index (χ2v) is 6.74. The molecule has 1 N–H and O–H groups in total. The molecule has 1 amide bonds. The highest BCUT2D eigenvalue weighted by atomic mass is 35.5. The standard InChI is InChI=1S/C15H10ClN3O2S2/c1-2-7-17-11(20)8-22-15-19-18-14(21-15)13-12(16)9-5-3-4-6-10(9)23-13/h1,3-6H,7-8H2,(H,17,20). The van der Waals surface area contributed by atoms with E-state index in [1.807, 2.05) is 24.3 Å². The first-order valence-corrected chi connectivity index (χ1v) is 8.71. The van der Waals surface area contributed by atoms with Crippen LogP contribution in [0.5, 0.6) is 0 Å². The first kappa shape index (κ1) is 15.9. The third-order valence-corrected chi connectivity index (χ3v) is 5.33. The largest absolute Gasteiger partial charge is 0.410 e. The molecule has 0 bridgehead atoms. The number of halogens is 1. The predicted octanol–water partition coefficient (Wildman–Crippen LogP) is 3.45. The Morgan fingerprint density at radius 3 is 3.04 bits per heavy atom. The fraction of sp³-hybridized carbons (Fsp3) is 0.133. The van der Waals surface area contributed by atoms with Crippen LogP contribution in [0.2, 0.25) is 5.02 Å². The number of hydrogen-bond donors (Lipinski definition) is 1. The molecule has 23 heavy (non-hydrogen) atoms. The van der Waals surface area contributed by atoms with Gasteiger partial charge in [-0.25, -0.2) is 0 Å². The number of fused-ring (bicyclic) bond motifs is 1. The molecule has 0 spiro atoms. The molecule has 1 aromatic carbocycles. The van der Waals surface area contributed by atoms with Gasteiger partial charge in [0.1, 0.15) is 4.88 Å². The van der Waals surface area contributed by atoms with Crippen molar-refractivity contribution in [3.8, 4) is 23.1 Å². The van der Waals surface area contributed by atoms with Gasteiger partial charge in [0, 0.05) is 10.1 Å². The van der Waals surface area contributed by atoms with Crippen molar-refractivity contribution >= 4 is 50.7 Å². The summed E-state index contributed by atoms with van der Waals surface area (Å²) in [6.07, 6.45) is 5.07. The van der Waals surface area contributed by atoms with Crippen LogP contribution in [0.25, 0.3) is 20.9 Å². The molecule has 0 atom stereocenters. The van der Waals surface area contributed by atoms with Crippen LogP contribution < -0.4 is 5.32 Å². The number of thioether (sulfide) groups is 1. The Morgan fingerprint density at radius 1 is 1.43 bits per heavy atom.